The molecule has 1 atom stereocenters. The molecule has 4 aromatic carbocycles. The molecule has 1 aliphatic carbocycles. The lowest BCUT2D eigenvalue weighted by Gasteiger charge is -2.23. The van der Waals surface area contributed by atoms with Crippen LogP contribution in [0.15, 0.2) is 97.3 Å². The highest BCUT2D eigenvalue weighted by Gasteiger charge is 2.36. The van der Waals surface area contributed by atoms with E-state index in [2.05, 4.69) is 45.9 Å². The van der Waals surface area contributed by atoms with Gasteiger partial charge in [0, 0.05) is 54.3 Å². The van der Waals surface area contributed by atoms with Gasteiger partial charge in [0.15, 0.2) is 0 Å². The van der Waals surface area contributed by atoms with Crippen molar-refractivity contribution < 1.29 is 44.6 Å². The highest BCUT2D eigenvalue weighted by Crippen LogP contribution is 2.38. The van der Waals surface area contributed by atoms with E-state index < -0.39 is 35.1 Å². The number of ether oxygens (including phenoxy) is 2. The Labute approximate surface area is 395 Å². The molecule has 10 rings (SSSR count). The molecule has 21 heteroatoms. The normalized spacial score (nSPS) is 15.7. The fourth-order valence-corrected chi connectivity index (χ4v) is 8.66. The zero-order valence-electron chi connectivity index (χ0n) is 37.7. The molecule has 13 nitrogen and oxygen atoms in total. The Morgan fingerprint density at radius 2 is 1.03 bits per heavy atom. The summed E-state index contributed by atoms with van der Waals surface area (Å²) in [6.45, 7) is 1.74. The van der Waals surface area contributed by atoms with E-state index in [0.29, 0.717) is 57.1 Å². The molecular weight excluding hydrogens is 927 g/mol. The summed E-state index contributed by atoms with van der Waals surface area (Å²) in [7, 11) is 3.03. The monoisotopic (exact) mass is 971 g/mol. The minimum absolute atomic E-state index is 0.0958. The summed E-state index contributed by atoms with van der Waals surface area (Å²) >= 11 is 0. The Hall–Kier alpha value is -7.42. The van der Waals surface area contributed by atoms with Crippen LogP contribution in [-0.2, 0) is 12.4 Å². The standard InChI is InChI=1S/C25H23F4N5O.C24H22F4N6O/c1-35-17-8-10-21-20(14-17)32-23(15-7-9-19(26)18(13-15)25(27,28)29)34(21)22-11-12-30-24(33-22)31-16-5-3-2-4-6-16;1-35-16-5-7-20-19(12-16)32-22(14-4-6-18(25)17(11-14)24(26,27)28)34(20)21-8-10-30-23(33-21)31-15-3-2-9-29-13-15/h7-14,16H,2-6H2,1H3,(H,30,31,33);4-8,10-12,15,29H,2-3,9,13H2,1H3,(H,30,31,33)/t;15-/m.0/s1. The third-order valence-electron chi connectivity index (χ3n) is 12.1. The number of aromatic nitrogens is 8. The van der Waals surface area contributed by atoms with E-state index in [4.69, 9.17) is 9.47 Å². The van der Waals surface area contributed by atoms with Gasteiger partial charge in [-0.15, -0.1) is 0 Å². The molecule has 1 saturated heterocycles. The smallest absolute Gasteiger partial charge is 0.419 e. The van der Waals surface area contributed by atoms with Crippen molar-refractivity contribution in [3.8, 4) is 45.9 Å². The first-order chi connectivity index (χ1) is 33.7. The summed E-state index contributed by atoms with van der Waals surface area (Å²) < 4.78 is 122. The van der Waals surface area contributed by atoms with Crippen LogP contribution in [0.2, 0.25) is 0 Å². The number of benzene rings is 4. The van der Waals surface area contributed by atoms with Gasteiger partial charge in [0.2, 0.25) is 11.9 Å². The van der Waals surface area contributed by atoms with Crippen molar-refractivity contribution in [2.75, 3.05) is 37.9 Å². The molecule has 0 amide bonds. The van der Waals surface area contributed by atoms with Crippen molar-refractivity contribution in [1.29, 1.82) is 0 Å². The van der Waals surface area contributed by atoms with Gasteiger partial charge in [-0.1, -0.05) is 19.3 Å². The number of hydrogen-bond donors (Lipinski definition) is 3. The molecule has 0 radical (unpaired) electrons. The molecule has 8 aromatic rings. The Balaban J connectivity index is 0.000000174. The van der Waals surface area contributed by atoms with Crippen molar-refractivity contribution in [2.24, 2.45) is 0 Å². The number of anilines is 2. The largest absolute Gasteiger partial charge is 0.497 e. The van der Waals surface area contributed by atoms with E-state index in [1.54, 1.807) is 70.1 Å². The summed E-state index contributed by atoms with van der Waals surface area (Å²) in [6.07, 6.45) is 1.03. The molecule has 1 saturated carbocycles. The number of halogens is 8. The second kappa shape index (κ2) is 19.9. The average molecular weight is 972 g/mol. The van der Waals surface area contributed by atoms with Crippen molar-refractivity contribution >= 4 is 34.0 Å². The topological polar surface area (TPSA) is 142 Å². The van der Waals surface area contributed by atoms with E-state index in [0.717, 1.165) is 75.9 Å². The number of fused-ring (bicyclic) bond motifs is 2. The van der Waals surface area contributed by atoms with Crippen molar-refractivity contribution in [3.63, 3.8) is 0 Å². The Morgan fingerprint density at radius 1 is 0.557 bits per heavy atom. The van der Waals surface area contributed by atoms with E-state index >= 15 is 0 Å². The maximum Gasteiger partial charge on any atom is 0.419 e. The molecular formula is C49H45F8N11O2. The van der Waals surface area contributed by atoms with Gasteiger partial charge < -0.3 is 25.4 Å². The molecule has 0 bridgehead atoms. The number of alkyl halides is 6. The van der Waals surface area contributed by atoms with Crippen LogP contribution >= 0.6 is 0 Å². The molecule has 2 fully saturated rings. The molecule has 1 aliphatic heterocycles. The molecule has 0 unspecified atom stereocenters. The predicted octanol–water partition coefficient (Wildman–Crippen LogP) is 11.2. The van der Waals surface area contributed by atoms with Crippen molar-refractivity contribution in [2.45, 2.75) is 69.4 Å². The lowest BCUT2D eigenvalue weighted by molar-refractivity contribution is -0.140. The highest BCUT2D eigenvalue weighted by molar-refractivity contribution is 5.85. The minimum atomic E-state index is -4.85. The SMILES string of the molecule is COc1ccc2c(c1)nc(-c1ccc(F)c(C(F)(F)F)c1)n2-c1ccnc(NC2CCCCC2)n1.COc1ccc2c(c1)nc(-c1ccc(F)c(C(F)(F)F)c1)n2-c1ccnc(N[C@H]2CCCNC2)n1. The van der Waals surface area contributed by atoms with Gasteiger partial charge in [0.1, 0.15) is 46.4 Å². The predicted molar refractivity (Wildman–Crippen MR) is 247 cm³/mol. The third kappa shape index (κ3) is 10.3. The van der Waals surface area contributed by atoms with Crippen LogP contribution in [0, 0.1) is 11.6 Å². The summed E-state index contributed by atoms with van der Waals surface area (Å²) in [4.78, 5) is 27.1. The Kier molecular flexibility index (Phi) is 13.5. The Morgan fingerprint density at radius 3 is 1.47 bits per heavy atom. The van der Waals surface area contributed by atoms with Gasteiger partial charge in [-0.05, 0) is 105 Å². The second-order valence-electron chi connectivity index (χ2n) is 16.8. The summed E-state index contributed by atoms with van der Waals surface area (Å²) in [5, 5.41) is 10.00. The summed E-state index contributed by atoms with van der Waals surface area (Å²) in [5.41, 5.74) is -0.314. The Bertz CT molecular complexity index is 2940. The van der Waals surface area contributed by atoms with Crippen LogP contribution in [-0.4, -0.2) is 78.4 Å². The quantitative estimate of drug-likeness (QED) is 0.113. The van der Waals surface area contributed by atoms with Crippen LogP contribution in [0.5, 0.6) is 11.5 Å². The van der Waals surface area contributed by atoms with Gasteiger partial charge in [0.05, 0.1) is 47.4 Å². The zero-order chi connectivity index (χ0) is 49.2. The molecule has 2 aliphatic rings. The lowest BCUT2D eigenvalue weighted by Crippen LogP contribution is -2.38. The number of imidazole rings is 2. The van der Waals surface area contributed by atoms with E-state index in [1.807, 2.05) is 0 Å². The van der Waals surface area contributed by atoms with Crippen LogP contribution in [0.1, 0.15) is 56.1 Å². The van der Waals surface area contributed by atoms with Gasteiger partial charge in [-0.3, -0.25) is 9.13 Å². The number of rotatable bonds is 10. The van der Waals surface area contributed by atoms with Crippen molar-refractivity contribution in [3.05, 3.63) is 120 Å². The fraction of sp³-hybridized carbons (Fsp3) is 0.306. The first-order valence-corrected chi connectivity index (χ1v) is 22.4. The van der Waals surface area contributed by atoms with Crippen LogP contribution in [0.4, 0.5) is 47.0 Å². The molecule has 364 valence electrons. The van der Waals surface area contributed by atoms with Gasteiger partial charge >= 0.3 is 12.4 Å². The number of hydrogen-bond acceptors (Lipinski definition) is 11. The number of nitrogens with zero attached hydrogens (tertiary/aromatic N) is 8. The summed E-state index contributed by atoms with van der Waals surface area (Å²) in [5.74, 6) is 0.449. The summed E-state index contributed by atoms with van der Waals surface area (Å²) in [6, 6.07) is 19.8. The van der Waals surface area contributed by atoms with Gasteiger partial charge in [-0.2, -0.15) is 36.3 Å². The van der Waals surface area contributed by atoms with Crippen LogP contribution < -0.4 is 25.4 Å². The molecule has 3 N–H and O–H groups in total. The average Bonchev–Trinajstić information content (AvgIpc) is 3.93. The first kappa shape index (κ1) is 47.6. The number of nitrogens with one attached hydrogen (secondary N) is 3. The maximum absolute atomic E-state index is 14.0. The molecule has 70 heavy (non-hydrogen) atoms. The number of piperidine rings is 1. The van der Waals surface area contributed by atoms with E-state index in [1.165, 1.54) is 32.8 Å². The van der Waals surface area contributed by atoms with Gasteiger partial charge in [-0.25, -0.2) is 28.7 Å². The maximum atomic E-state index is 14.0. The lowest BCUT2D eigenvalue weighted by atomic mass is 9.96. The van der Waals surface area contributed by atoms with Crippen molar-refractivity contribution in [1.82, 2.24) is 44.4 Å². The first-order valence-electron chi connectivity index (χ1n) is 22.4. The molecule has 0 spiro atoms. The van der Waals surface area contributed by atoms with E-state index in [-0.39, 0.29) is 34.9 Å². The van der Waals surface area contributed by atoms with E-state index in [9.17, 15) is 35.1 Å². The third-order valence-corrected chi connectivity index (χ3v) is 12.1. The van der Waals surface area contributed by atoms with Crippen LogP contribution in [0.25, 0.3) is 56.5 Å². The molecule has 5 heterocycles. The van der Waals surface area contributed by atoms with Gasteiger partial charge in [0.25, 0.3) is 0 Å². The molecule has 4 aromatic heterocycles. The highest BCUT2D eigenvalue weighted by atomic mass is 19.4. The van der Waals surface area contributed by atoms with Crippen LogP contribution in [0.3, 0.4) is 0 Å². The zero-order valence-corrected chi connectivity index (χ0v) is 37.7. The number of methoxy groups -OCH3 is 2. The second-order valence-corrected chi connectivity index (χ2v) is 16.8. The fourth-order valence-electron chi connectivity index (χ4n) is 8.66. The minimum Gasteiger partial charge on any atom is -0.497 e.